The molecular formula is C23H30O3Si. The Kier molecular flexibility index (Phi) is 6.17. The Morgan fingerprint density at radius 1 is 1.00 bits per heavy atom. The quantitative estimate of drug-likeness (QED) is 0.558. The number of ether oxygens (including phenoxy) is 1. The smallest absolute Gasteiger partial charge is 0.306 e. The number of esters is 1. The monoisotopic (exact) mass is 382 g/mol. The number of benzene rings is 2. The summed E-state index contributed by atoms with van der Waals surface area (Å²) >= 11 is 0. The van der Waals surface area contributed by atoms with Crippen molar-refractivity contribution in [3.63, 3.8) is 0 Å². The van der Waals surface area contributed by atoms with Crippen molar-refractivity contribution in [2.24, 2.45) is 0 Å². The third-order valence-electron chi connectivity index (χ3n) is 5.38. The normalized spacial score (nSPS) is 18.2. The highest BCUT2D eigenvalue weighted by Gasteiger charge is 2.50. The predicted molar refractivity (Wildman–Crippen MR) is 112 cm³/mol. The zero-order chi connectivity index (χ0) is 19.3. The van der Waals surface area contributed by atoms with E-state index in [9.17, 15) is 4.79 Å². The molecule has 0 aromatic heterocycles. The van der Waals surface area contributed by atoms with Crippen LogP contribution in [0.1, 0.15) is 46.5 Å². The van der Waals surface area contributed by atoms with Gasteiger partial charge in [0, 0.05) is 19.4 Å². The van der Waals surface area contributed by atoms with Crippen molar-refractivity contribution in [3.05, 3.63) is 60.7 Å². The molecule has 3 nitrogen and oxygen atoms in total. The summed E-state index contributed by atoms with van der Waals surface area (Å²) in [5.74, 6) is -0.0725. The van der Waals surface area contributed by atoms with E-state index in [1.54, 1.807) is 0 Å². The van der Waals surface area contributed by atoms with Crippen molar-refractivity contribution < 1.29 is 14.0 Å². The maximum Gasteiger partial charge on any atom is 0.306 e. The molecule has 1 aliphatic heterocycles. The lowest BCUT2D eigenvalue weighted by Gasteiger charge is -2.43. The minimum atomic E-state index is -2.49. The zero-order valence-corrected chi connectivity index (χ0v) is 17.6. The molecule has 4 heteroatoms. The van der Waals surface area contributed by atoms with E-state index in [2.05, 4.69) is 81.4 Å². The van der Waals surface area contributed by atoms with Gasteiger partial charge in [0.25, 0.3) is 8.32 Å². The Labute approximate surface area is 163 Å². The van der Waals surface area contributed by atoms with Gasteiger partial charge in [-0.05, 0) is 28.3 Å². The fourth-order valence-corrected chi connectivity index (χ4v) is 8.67. The lowest BCUT2D eigenvalue weighted by molar-refractivity contribution is -0.154. The number of carbonyl (C=O) groups is 1. The van der Waals surface area contributed by atoms with E-state index in [0.717, 1.165) is 19.3 Å². The van der Waals surface area contributed by atoms with Crippen LogP contribution < -0.4 is 10.4 Å². The number of hydrogen-bond donors (Lipinski definition) is 0. The van der Waals surface area contributed by atoms with E-state index in [1.807, 2.05) is 0 Å². The van der Waals surface area contributed by atoms with Crippen LogP contribution in [-0.4, -0.2) is 27.0 Å². The Balaban J connectivity index is 1.90. The molecule has 1 saturated heterocycles. The maximum atomic E-state index is 11.6. The molecule has 1 heterocycles. The average molecular weight is 383 g/mol. The summed E-state index contributed by atoms with van der Waals surface area (Å²) in [6.45, 7) is 7.44. The van der Waals surface area contributed by atoms with Gasteiger partial charge in [-0.3, -0.25) is 4.79 Å². The van der Waals surface area contributed by atoms with Gasteiger partial charge in [0.05, 0.1) is 0 Å². The van der Waals surface area contributed by atoms with Gasteiger partial charge in [-0.25, -0.2) is 0 Å². The molecule has 0 aliphatic carbocycles. The number of rotatable bonds is 6. The van der Waals surface area contributed by atoms with Crippen molar-refractivity contribution in [2.75, 3.05) is 6.61 Å². The van der Waals surface area contributed by atoms with Crippen molar-refractivity contribution in [1.82, 2.24) is 0 Å². The number of cyclic esters (lactones) is 1. The van der Waals surface area contributed by atoms with Gasteiger partial charge >= 0.3 is 5.97 Å². The van der Waals surface area contributed by atoms with E-state index in [0.29, 0.717) is 13.0 Å². The van der Waals surface area contributed by atoms with Crippen LogP contribution in [0.3, 0.4) is 0 Å². The van der Waals surface area contributed by atoms with Gasteiger partial charge in [0.1, 0.15) is 6.10 Å². The van der Waals surface area contributed by atoms with Crippen LogP contribution in [0.25, 0.3) is 0 Å². The second kappa shape index (κ2) is 8.40. The molecule has 0 saturated carbocycles. The van der Waals surface area contributed by atoms with Gasteiger partial charge in [0.15, 0.2) is 0 Å². The largest absolute Gasteiger partial charge is 0.462 e. The van der Waals surface area contributed by atoms with Crippen LogP contribution in [0.5, 0.6) is 0 Å². The summed E-state index contributed by atoms with van der Waals surface area (Å²) in [6.07, 6.45) is 3.16. The predicted octanol–water partition coefficient (Wildman–Crippen LogP) is 4.05. The molecule has 0 N–H and O–H groups in total. The van der Waals surface area contributed by atoms with Crippen LogP contribution in [0.4, 0.5) is 0 Å². The molecule has 1 fully saturated rings. The minimum Gasteiger partial charge on any atom is -0.462 e. The van der Waals surface area contributed by atoms with Crippen molar-refractivity contribution in [2.45, 2.75) is 57.6 Å². The molecule has 0 spiro atoms. The van der Waals surface area contributed by atoms with Gasteiger partial charge in [0.2, 0.25) is 0 Å². The first-order valence-corrected chi connectivity index (χ1v) is 11.8. The van der Waals surface area contributed by atoms with E-state index < -0.39 is 8.32 Å². The van der Waals surface area contributed by atoms with E-state index in [1.165, 1.54) is 10.4 Å². The van der Waals surface area contributed by atoms with E-state index in [4.69, 9.17) is 9.16 Å². The lowest BCUT2D eigenvalue weighted by atomic mass is 10.1. The summed E-state index contributed by atoms with van der Waals surface area (Å²) in [6, 6.07) is 21.3. The topological polar surface area (TPSA) is 35.5 Å². The summed E-state index contributed by atoms with van der Waals surface area (Å²) in [7, 11) is -2.49. The third kappa shape index (κ3) is 4.33. The molecule has 1 atom stereocenters. The highest BCUT2D eigenvalue weighted by Crippen LogP contribution is 2.37. The molecule has 1 aliphatic rings. The second-order valence-electron chi connectivity index (χ2n) is 8.30. The van der Waals surface area contributed by atoms with E-state index in [-0.39, 0.29) is 17.1 Å². The lowest BCUT2D eigenvalue weighted by Crippen LogP contribution is -2.66. The second-order valence-corrected chi connectivity index (χ2v) is 12.6. The van der Waals surface area contributed by atoms with Crippen LogP contribution in [0, 0.1) is 0 Å². The van der Waals surface area contributed by atoms with Crippen LogP contribution in [-0.2, 0) is 14.0 Å². The van der Waals surface area contributed by atoms with Gasteiger partial charge < -0.3 is 9.16 Å². The highest BCUT2D eigenvalue weighted by molar-refractivity contribution is 6.99. The standard InChI is InChI=1S/C23H30O3Si/c1-23(2,3)27(20-12-6-4-7-13-20,21-14-8-5-9-15-21)25-18-17-19-11-10-16-22(24)26-19/h4-9,12-15,19H,10-11,16-18H2,1-3H3/t19-/m0/s1. The first-order chi connectivity index (χ1) is 12.9. The number of carbonyl (C=O) groups excluding carboxylic acids is 1. The van der Waals surface area contributed by atoms with Crippen LogP contribution in [0.2, 0.25) is 5.04 Å². The van der Waals surface area contributed by atoms with Crippen molar-refractivity contribution in [3.8, 4) is 0 Å². The Morgan fingerprint density at radius 3 is 2.04 bits per heavy atom. The fourth-order valence-electron chi connectivity index (χ4n) is 4.09. The molecule has 2 aromatic carbocycles. The molecule has 0 unspecified atom stereocenters. The number of hydrogen-bond acceptors (Lipinski definition) is 3. The third-order valence-corrected chi connectivity index (χ3v) is 10.4. The van der Waals surface area contributed by atoms with Gasteiger partial charge in [-0.15, -0.1) is 0 Å². The van der Waals surface area contributed by atoms with Crippen molar-refractivity contribution in [1.29, 1.82) is 0 Å². The summed E-state index contributed by atoms with van der Waals surface area (Å²) in [5, 5.41) is 2.53. The SMILES string of the molecule is CC(C)(C)[Si](OCC[C@@H]1CCCC(=O)O1)(c1ccccc1)c1ccccc1. The maximum absolute atomic E-state index is 11.6. The summed E-state index contributed by atoms with van der Waals surface area (Å²) < 4.78 is 12.3. The van der Waals surface area contributed by atoms with Crippen LogP contribution >= 0.6 is 0 Å². The molecule has 3 rings (SSSR count). The van der Waals surface area contributed by atoms with Gasteiger partial charge in [-0.1, -0.05) is 81.4 Å². The van der Waals surface area contributed by atoms with Crippen LogP contribution in [0.15, 0.2) is 60.7 Å². The molecule has 0 amide bonds. The Morgan fingerprint density at radius 2 is 1.56 bits per heavy atom. The Hall–Kier alpha value is -1.91. The molecule has 0 bridgehead atoms. The van der Waals surface area contributed by atoms with Gasteiger partial charge in [-0.2, -0.15) is 0 Å². The van der Waals surface area contributed by atoms with E-state index >= 15 is 0 Å². The summed E-state index contributed by atoms with van der Waals surface area (Å²) in [4.78, 5) is 11.6. The molecule has 144 valence electrons. The zero-order valence-electron chi connectivity index (χ0n) is 16.6. The summed E-state index contributed by atoms with van der Waals surface area (Å²) in [5.41, 5.74) is 0. The highest BCUT2D eigenvalue weighted by atomic mass is 28.4. The molecule has 27 heavy (non-hydrogen) atoms. The first kappa shape index (κ1) is 19.8. The Bertz CT molecular complexity index is 698. The van der Waals surface area contributed by atoms with Crippen molar-refractivity contribution >= 4 is 24.7 Å². The fraction of sp³-hybridized carbons (Fsp3) is 0.435. The molecule has 0 radical (unpaired) electrons. The minimum absolute atomic E-state index is 0.00975. The molecule has 2 aromatic rings. The first-order valence-electron chi connectivity index (χ1n) is 9.88. The average Bonchev–Trinajstić information content (AvgIpc) is 2.66. The molecular weight excluding hydrogens is 352 g/mol.